The molecule has 72 valence electrons. The molecular weight excluding hydrogens is 202 g/mol. The second-order valence-electron chi connectivity index (χ2n) is 3.64. The highest BCUT2D eigenvalue weighted by Crippen LogP contribution is 2.50. The van der Waals surface area contributed by atoms with Gasteiger partial charge in [0, 0.05) is 17.6 Å². The third-order valence-electron chi connectivity index (χ3n) is 2.84. The van der Waals surface area contributed by atoms with Crippen LogP contribution in [0.5, 0.6) is 0 Å². The number of amides is 1. The summed E-state index contributed by atoms with van der Waals surface area (Å²) < 4.78 is 5.27. The number of carbonyl (C=O) groups excluding carboxylic acids is 1. The van der Waals surface area contributed by atoms with Crippen molar-refractivity contribution in [2.75, 3.05) is 18.6 Å². The number of benzene rings is 1. The van der Waals surface area contributed by atoms with Gasteiger partial charge in [-0.25, -0.2) is 0 Å². The summed E-state index contributed by atoms with van der Waals surface area (Å²) >= 11 is 5.89. The summed E-state index contributed by atoms with van der Waals surface area (Å²) in [5.41, 5.74) is 1.10. The number of nitrogens with zero attached hydrogens (tertiary/aromatic N) is 1. The van der Waals surface area contributed by atoms with Gasteiger partial charge in [-0.05, 0) is 18.2 Å². The molecular formula is C10H8ClNO2. The van der Waals surface area contributed by atoms with Gasteiger partial charge in [-0.3, -0.25) is 4.79 Å². The lowest BCUT2D eigenvalue weighted by Crippen LogP contribution is -2.28. The molecule has 0 aliphatic carbocycles. The standard InChI is InChI=1S/C10H8ClNO2/c1-12-8-3-2-6(11)4-7(8)10(5-14-10)9(12)13/h2-4H,5H2,1H3/t10-/m1/s1. The van der Waals surface area contributed by atoms with Crippen LogP contribution in [-0.4, -0.2) is 19.6 Å². The SMILES string of the molecule is CN1C(=O)[C@@]2(CO2)c2cc(Cl)ccc21. The van der Waals surface area contributed by atoms with Gasteiger partial charge in [0.05, 0.1) is 12.3 Å². The zero-order valence-corrected chi connectivity index (χ0v) is 8.34. The molecule has 1 fully saturated rings. The van der Waals surface area contributed by atoms with Gasteiger partial charge < -0.3 is 9.64 Å². The largest absolute Gasteiger partial charge is 0.354 e. The van der Waals surface area contributed by atoms with Gasteiger partial charge >= 0.3 is 0 Å². The number of epoxide rings is 1. The van der Waals surface area contributed by atoms with Crippen molar-refractivity contribution in [1.29, 1.82) is 0 Å². The van der Waals surface area contributed by atoms with E-state index in [1.165, 1.54) is 0 Å². The first kappa shape index (κ1) is 8.26. The van der Waals surface area contributed by atoms with E-state index in [9.17, 15) is 4.79 Å². The first-order valence-electron chi connectivity index (χ1n) is 4.37. The Morgan fingerprint density at radius 2 is 2.29 bits per heavy atom. The smallest absolute Gasteiger partial charge is 0.266 e. The fourth-order valence-corrected chi connectivity index (χ4v) is 2.14. The summed E-state index contributed by atoms with van der Waals surface area (Å²) in [6, 6.07) is 5.45. The molecule has 3 rings (SSSR count). The minimum Gasteiger partial charge on any atom is -0.354 e. The van der Waals surface area contributed by atoms with Crippen molar-refractivity contribution in [1.82, 2.24) is 0 Å². The Hall–Kier alpha value is -1.06. The third-order valence-corrected chi connectivity index (χ3v) is 3.07. The first-order valence-corrected chi connectivity index (χ1v) is 4.75. The van der Waals surface area contributed by atoms with E-state index in [0.717, 1.165) is 11.3 Å². The summed E-state index contributed by atoms with van der Waals surface area (Å²) in [6.07, 6.45) is 0. The monoisotopic (exact) mass is 209 g/mol. The lowest BCUT2D eigenvalue weighted by Gasteiger charge is -2.08. The molecule has 0 radical (unpaired) electrons. The maximum Gasteiger partial charge on any atom is 0.266 e. The highest BCUT2D eigenvalue weighted by atomic mass is 35.5. The zero-order valence-electron chi connectivity index (χ0n) is 7.58. The zero-order chi connectivity index (χ0) is 9.92. The molecule has 0 aromatic heterocycles. The van der Waals surface area contributed by atoms with Gasteiger partial charge in [0.15, 0.2) is 5.60 Å². The van der Waals surface area contributed by atoms with E-state index in [0.29, 0.717) is 11.6 Å². The molecule has 0 N–H and O–H groups in total. The van der Waals surface area contributed by atoms with E-state index in [-0.39, 0.29) is 5.91 Å². The topological polar surface area (TPSA) is 32.8 Å². The van der Waals surface area contributed by atoms with Crippen LogP contribution in [0.2, 0.25) is 5.02 Å². The Morgan fingerprint density at radius 3 is 2.93 bits per heavy atom. The van der Waals surface area contributed by atoms with E-state index >= 15 is 0 Å². The number of hydrogen-bond donors (Lipinski definition) is 0. The second kappa shape index (κ2) is 2.30. The highest BCUT2D eigenvalue weighted by molar-refractivity contribution is 6.31. The van der Waals surface area contributed by atoms with E-state index in [4.69, 9.17) is 16.3 Å². The van der Waals surface area contributed by atoms with Crippen molar-refractivity contribution < 1.29 is 9.53 Å². The summed E-state index contributed by atoms with van der Waals surface area (Å²) in [4.78, 5) is 13.4. The number of fused-ring (bicyclic) bond motifs is 2. The number of carbonyl (C=O) groups is 1. The summed E-state index contributed by atoms with van der Waals surface area (Å²) in [6.45, 7) is 0.476. The van der Waals surface area contributed by atoms with Gasteiger partial charge in [0.2, 0.25) is 0 Å². The van der Waals surface area contributed by atoms with E-state index in [2.05, 4.69) is 0 Å². The number of ether oxygens (including phenoxy) is 1. The van der Waals surface area contributed by atoms with Crippen LogP contribution in [0.15, 0.2) is 18.2 Å². The second-order valence-corrected chi connectivity index (χ2v) is 4.08. The molecule has 1 aromatic carbocycles. The molecule has 1 atom stereocenters. The number of hydrogen-bond acceptors (Lipinski definition) is 2. The summed E-state index contributed by atoms with van der Waals surface area (Å²) in [5, 5.41) is 0.640. The highest BCUT2D eigenvalue weighted by Gasteiger charge is 2.60. The van der Waals surface area contributed by atoms with Crippen molar-refractivity contribution in [3.8, 4) is 0 Å². The molecule has 1 amide bonds. The van der Waals surface area contributed by atoms with Gasteiger partial charge in [-0.1, -0.05) is 11.6 Å². The lowest BCUT2D eigenvalue weighted by molar-refractivity contribution is -0.122. The van der Waals surface area contributed by atoms with Crippen LogP contribution in [0.1, 0.15) is 5.56 Å². The van der Waals surface area contributed by atoms with Crippen molar-refractivity contribution in [3.05, 3.63) is 28.8 Å². The Labute approximate surface area is 86.2 Å². The van der Waals surface area contributed by atoms with Crippen LogP contribution >= 0.6 is 11.6 Å². The van der Waals surface area contributed by atoms with Gasteiger partial charge in [-0.15, -0.1) is 0 Å². The molecule has 2 aliphatic rings. The molecule has 0 saturated carbocycles. The molecule has 1 spiro atoms. The molecule has 0 bridgehead atoms. The molecule has 2 aliphatic heterocycles. The summed E-state index contributed by atoms with van der Waals surface area (Å²) in [7, 11) is 1.76. The van der Waals surface area contributed by atoms with E-state index < -0.39 is 5.60 Å². The number of anilines is 1. The fourth-order valence-electron chi connectivity index (χ4n) is 1.97. The van der Waals surface area contributed by atoms with E-state index in [1.807, 2.05) is 12.1 Å². The Morgan fingerprint density at radius 1 is 1.57 bits per heavy atom. The lowest BCUT2D eigenvalue weighted by atomic mass is 10.0. The normalized spacial score (nSPS) is 28.4. The van der Waals surface area contributed by atoms with Crippen LogP contribution in [0.25, 0.3) is 0 Å². The quantitative estimate of drug-likeness (QED) is 0.608. The predicted octanol–water partition coefficient (Wildman–Crippen LogP) is 1.54. The molecule has 14 heavy (non-hydrogen) atoms. The maximum atomic E-state index is 11.8. The average Bonchev–Trinajstić information content (AvgIpc) is 2.93. The van der Waals surface area contributed by atoms with Gasteiger partial charge in [-0.2, -0.15) is 0 Å². The summed E-state index contributed by atoms with van der Waals surface area (Å²) in [5.74, 6) is 0.00904. The van der Waals surface area contributed by atoms with Crippen molar-refractivity contribution in [3.63, 3.8) is 0 Å². The number of halogens is 1. The maximum absolute atomic E-state index is 11.8. The number of rotatable bonds is 0. The minimum atomic E-state index is -0.699. The van der Waals surface area contributed by atoms with Crippen LogP contribution in [0, 0.1) is 0 Å². The third kappa shape index (κ3) is 0.792. The Bertz CT molecular complexity index is 440. The molecule has 1 saturated heterocycles. The Balaban J connectivity index is 2.27. The minimum absolute atomic E-state index is 0.00904. The average molecular weight is 210 g/mol. The van der Waals surface area contributed by atoms with Gasteiger partial charge in [0.25, 0.3) is 5.91 Å². The fraction of sp³-hybridized carbons (Fsp3) is 0.300. The van der Waals surface area contributed by atoms with Crippen molar-refractivity contribution >= 4 is 23.2 Å². The Kier molecular flexibility index (Phi) is 1.36. The first-order chi connectivity index (χ1) is 6.65. The van der Waals surface area contributed by atoms with Crippen molar-refractivity contribution in [2.45, 2.75) is 5.60 Å². The van der Waals surface area contributed by atoms with E-state index in [1.54, 1.807) is 18.0 Å². The molecule has 4 heteroatoms. The van der Waals surface area contributed by atoms with Crippen LogP contribution in [0.3, 0.4) is 0 Å². The van der Waals surface area contributed by atoms with Gasteiger partial charge in [0.1, 0.15) is 0 Å². The molecule has 2 heterocycles. The van der Waals surface area contributed by atoms with Crippen LogP contribution in [0.4, 0.5) is 5.69 Å². The molecule has 1 aromatic rings. The van der Waals surface area contributed by atoms with Crippen LogP contribution in [-0.2, 0) is 15.1 Å². The predicted molar refractivity (Wildman–Crippen MR) is 52.5 cm³/mol. The number of likely N-dealkylation sites (N-methyl/N-ethyl adjacent to an activating group) is 1. The van der Waals surface area contributed by atoms with Crippen LogP contribution < -0.4 is 4.90 Å². The van der Waals surface area contributed by atoms with Crippen molar-refractivity contribution in [2.24, 2.45) is 0 Å². The molecule has 0 unspecified atom stereocenters. The molecule has 3 nitrogen and oxygen atoms in total.